The average Bonchev–Trinajstić information content (AvgIpc) is 2.78. The molecule has 3 aromatic carbocycles. The summed E-state index contributed by atoms with van der Waals surface area (Å²) < 4.78 is 13.2. The van der Waals surface area contributed by atoms with E-state index in [9.17, 15) is 4.79 Å². The summed E-state index contributed by atoms with van der Waals surface area (Å²) in [5.74, 6) is 0.754. The van der Waals surface area contributed by atoms with Gasteiger partial charge in [0.05, 0.1) is 24.3 Å². The Bertz CT molecular complexity index is 1160. The molecule has 0 heterocycles. The lowest BCUT2D eigenvalue weighted by atomic mass is 10.2. The number of amides is 1. The quantitative estimate of drug-likeness (QED) is 0.156. The van der Waals surface area contributed by atoms with E-state index >= 15 is 0 Å². The Kier molecular flexibility index (Phi) is 9.66. The van der Waals surface area contributed by atoms with E-state index in [2.05, 4.69) is 54.4 Å². The maximum atomic E-state index is 12.0. The second-order valence-corrected chi connectivity index (χ2v) is 9.66. The van der Waals surface area contributed by atoms with Crippen molar-refractivity contribution in [1.29, 1.82) is 0 Å². The van der Waals surface area contributed by atoms with Gasteiger partial charge < -0.3 is 14.8 Å². The standard InChI is InChI=1S/C23H19BrCl2IN3O3/c1-32-21-9-14(11-29-30-22(31)12-28-18-6-4-17(27)5-7-18)8-19(24)23(21)33-13-15-2-3-16(25)10-20(15)26/h2-11,28H,12-13H2,1H3,(H,30,31)/b29-11-. The Morgan fingerprint density at radius 1 is 1.15 bits per heavy atom. The predicted molar refractivity (Wildman–Crippen MR) is 145 cm³/mol. The molecule has 0 saturated carbocycles. The van der Waals surface area contributed by atoms with E-state index in [0.717, 1.165) is 14.8 Å². The SMILES string of the molecule is COc1cc(/C=N\NC(=O)CNc2ccc(I)cc2)cc(Br)c1OCc1ccc(Cl)cc1Cl. The minimum Gasteiger partial charge on any atom is -0.493 e. The molecule has 6 nitrogen and oxygen atoms in total. The molecule has 0 unspecified atom stereocenters. The number of nitrogens with zero attached hydrogens (tertiary/aromatic N) is 1. The van der Waals surface area contributed by atoms with Crippen LogP contribution in [-0.2, 0) is 11.4 Å². The van der Waals surface area contributed by atoms with Crippen LogP contribution in [0.3, 0.4) is 0 Å². The van der Waals surface area contributed by atoms with Crippen LogP contribution in [0.15, 0.2) is 64.2 Å². The van der Waals surface area contributed by atoms with E-state index in [1.165, 1.54) is 6.21 Å². The van der Waals surface area contributed by atoms with E-state index in [4.69, 9.17) is 32.7 Å². The van der Waals surface area contributed by atoms with Crippen LogP contribution in [0.5, 0.6) is 11.5 Å². The van der Waals surface area contributed by atoms with Crippen molar-refractivity contribution < 1.29 is 14.3 Å². The van der Waals surface area contributed by atoms with Gasteiger partial charge in [-0.3, -0.25) is 4.79 Å². The number of anilines is 1. The van der Waals surface area contributed by atoms with Crippen molar-refractivity contribution in [2.45, 2.75) is 6.61 Å². The molecule has 0 atom stereocenters. The zero-order chi connectivity index (χ0) is 23.8. The summed E-state index contributed by atoms with van der Waals surface area (Å²) in [6, 6.07) is 16.5. The van der Waals surface area contributed by atoms with Crippen molar-refractivity contribution in [3.63, 3.8) is 0 Å². The van der Waals surface area contributed by atoms with Crippen molar-refractivity contribution in [3.8, 4) is 11.5 Å². The van der Waals surface area contributed by atoms with Gasteiger partial charge in [0.1, 0.15) is 6.61 Å². The number of hydrogen-bond acceptors (Lipinski definition) is 5. The topological polar surface area (TPSA) is 72.0 Å². The van der Waals surface area contributed by atoms with Crippen LogP contribution >= 0.6 is 61.7 Å². The van der Waals surface area contributed by atoms with Crippen LogP contribution in [0.25, 0.3) is 0 Å². The van der Waals surface area contributed by atoms with Crippen LogP contribution < -0.4 is 20.2 Å². The van der Waals surface area contributed by atoms with Crippen LogP contribution in [0.4, 0.5) is 5.69 Å². The third kappa shape index (κ3) is 7.77. The molecule has 3 rings (SSSR count). The van der Waals surface area contributed by atoms with Crippen LogP contribution in [-0.4, -0.2) is 25.8 Å². The summed E-state index contributed by atoms with van der Waals surface area (Å²) in [5, 5.41) is 8.14. The fraction of sp³-hybridized carbons (Fsp3) is 0.130. The molecular formula is C23H19BrCl2IN3O3. The highest BCUT2D eigenvalue weighted by atomic mass is 127. The molecule has 0 saturated heterocycles. The highest BCUT2D eigenvalue weighted by Crippen LogP contribution is 2.37. The molecule has 0 spiro atoms. The monoisotopic (exact) mass is 661 g/mol. The molecule has 33 heavy (non-hydrogen) atoms. The number of benzene rings is 3. The van der Waals surface area contributed by atoms with Gasteiger partial charge in [-0.05, 0) is 92.6 Å². The lowest BCUT2D eigenvalue weighted by Gasteiger charge is -2.14. The second kappa shape index (κ2) is 12.5. The molecule has 0 radical (unpaired) electrons. The molecule has 0 aliphatic carbocycles. The summed E-state index contributed by atoms with van der Waals surface area (Å²) in [4.78, 5) is 12.0. The Hall–Kier alpha value is -2.01. The van der Waals surface area contributed by atoms with E-state index in [1.807, 2.05) is 30.3 Å². The maximum Gasteiger partial charge on any atom is 0.259 e. The first-order valence-corrected chi connectivity index (χ1v) is 12.2. The molecule has 172 valence electrons. The molecule has 0 aliphatic heterocycles. The third-order valence-electron chi connectivity index (χ3n) is 4.34. The number of hydrogen-bond donors (Lipinski definition) is 2. The maximum absolute atomic E-state index is 12.0. The van der Waals surface area contributed by atoms with Crippen molar-refractivity contribution >= 4 is 79.5 Å². The molecule has 0 bridgehead atoms. The smallest absolute Gasteiger partial charge is 0.259 e. The van der Waals surface area contributed by atoms with Crippen molar-refractivity contribution in [2.24, 2.45) is 5.10 Å². The first kappa shape index (κ1) is 25.6. The summed E-state index contributed by atoms with van der Waals surface area (Å²) in [7, 11) is 1.54. The zero-order valence-electron chi connectivity index (χ0n) is 17.4. The lowest BCUT2D eigenvalue weighted by Crippen LogP contribution is -2.25. The van der Waals surface area contributed by atoms with Gasteiger partial charge in [-0.25, -0.2) is 5.43 Å². The van der Waals surface area contributed by atoms with Gasteiger partial charge in [0.25, 0.3) is 5.91 Å². The zero-order valence-corrected chi connectivity index (χ0v) is 22.6. The van der Waals surface area contributed by atoms with Gasteiger partial charge in [-0.15, -0.1) is 0 Å². The van der Waals surface area contributed by atoms with Crippen molar-refractivity contribution in [2.75, 3.05) is 19.0 Å². The van der Waals surface area contributed by atoms with Crippen LogP contribution in [0.1, 0.15) is 11.1 Å². The van der Waals surface area contributed by atoms with Crippen molar-refractivity contribution in [3.05, 3.63) is 83.8 Å². The molecule has 2 N–H and O–H groups in total. The number of halogens is 4. The molecular weight excluding hydrogens is 644 g/mol. The van der Waals surface area contributed by atoms with Gasteiger partial charge in [0.2, 0.25) is 0 Å². The minimum absolute atomic E-state index is 0.102. The summed E-state index contributed by atoms with van der Waals surface area (Å²) in [6.07, 6.45) is 1.52. The van der Waals surface area contributed by atoms with Gasteiger partial charge in [-0.2, -0.15) is 5.10 Å². The molecule has 1 amide bonds. The molecule has 3 aromatic rings. The van der Waals surface area contributed by atoms with E-state index in [1.54, 1.807) is 31.4 Å². The largest absolute Gasteiger partial charge is 0.493 e. The molecule has 0 aromatic heterocycles. The number of ether oxygens (including phenoxy) is 2. The van der Waals surface area contributed by atoms with Gasteiger partial charge in [-0.1, -0.05) is 29.3 Å². The Morgan fingerprint density at radius 2 is 1.91 bits per heavy atom. The molecule has 0 aliphatic rings. The van der Waals surface area contributed by atoms with Gasteiger partial charge >= 0.3 is 0 Å². The Balaban J connectivity index is 1.59. The number of rotatable bonds is 9. The predicted octanol–water partition coefficient (Wildman–Crippen LogP) is 6.51. The molecule has 0 fully saturated rings. The third-order valence-corrected chi connectivity index (χ3v) is 6.23. The van der Waals surface area contributed by atoms with E-state index < -0.39 is 0 Å². The number of methoxy groups -OCH3 is 1. The van der Waals surface area contributed by atoms with E-state index in [-0.39, 0.29) is 19.1 Å². The van der Waals surface area contributed by atoms with E-state index in [0.29, 0.717) is 31.6 Å². The fourth-order valence-corrected chi connectivity index (χ4v) is 4.11. The minimum atomic E-state index is -0.268. The van der Waals surface area contributed by atoms with Crippen LogP contribution in [0.2, 0.25) is 10.0 Å². The number of nitrogens with one attached hydrogen (secondary N) is 2. The Labute approximate surface area is 223 Å². The van der Waals surface area contributed by atoms with Gasteiger partial charge in [0, 0.05) is 24.9 Å². The normalized spacial score (nSPS) is 10.8. The highest BCUT2D eigenvalue weighted by Gasteiger charge is 2.13. The second-order valence-electron chi connectivity index (χ2n) is 6.71. The number of hydrazone groups is 1. The van der Waals surface area contributed by atoms with Gasteiger partial charge in [0.15, 0.2) is 11.5 Å². The summed E-state index contributed by atoms with van der Waals surface area (Å²) in [5.41, 5.74) is 4.86. The lowest BCUT2D eigenvalue weighted by molar-refractivity contribution is -0.119. The fourth-order valence-electron chi connectivity index (χ4n) is 2.71. The van der Waals surface area contributed by atoms with Crippen LogP contribution in [0, 0.1) is 3.57 Å². The number of carbonyl (C=O) groups excluding carboxylic acids is 1. The highest BCUT2D eigenvalue weighted by molar-refractivity contribution is 14.1. The van der Waals surface area contributed by atoms with Crippen molar-refractivity contribution in [1.82, 2.24) is 5.43 Å². The molecule has 10 heteroatoms. The summed E-state index contributed by atoms with van der Waals surface area (Å²) >= 11 is 17.9. The first-order chi connectivity index (χ1) is 15.9. The Morgan fingerprint density at radius 3 is 2.61 bits per heavy atom. The number of carbonyl (C=O) groups is 1. The summed E-state index contributed by atoms with van der Waals surface area (Å²) in [6.45, 7) is 0.340. The average molecular weight is 663 g/mol. The first-order valence-electron chi connectivity index (χ1n) is 9.61.